The average molecular weight is 437 g/mol. The summed E-state index contributed by atoms with van der Waals surface area (Å²) in [6.07, 6.45) is 8.55. The van der Waals surface area contributed by atoms with Crippen molar-refractivity contribution in [3.8, 4) is 0 Å². The summed E-state index contributed by atoms with van der Waals surface area (Å²) in [6.45, 7) is 3.09. The summed E-state index contributed by atoms with van der Waals surface area (Å²) in [5.74, 6) is 0.484. The average Bonchev–Trinajstić information content (AvgIpc) is 3.54. The van der Waals surface area contributed by atoms with Crippen LogP contribution in [0.3, 0.4) is 0 Å². The molecule has 2 saturated carbocycles. The molecule has 2 aromatic rings. The molecule has 1 aromatic carbocycles. The van der Waals surface area contributed by atoms with Gasteiger partial charge in [-0.05, 0) is 67.2 Å². The van der Waals surface area contributed by atoms with Crippen molar-refractivity contribution < 1.29 is 9.59 Å². The van der Waals surface area contributed by atoms with Gasteiger partial charge in [-0.1, -0.05) is 43.5 Å². The standard InChI is InChI=1S/C26H32N2O2S/c1-18-7-5-6-10-21(18)25-22-14-16-31-23(22)13-15-27(25)24(29)17-28(26(30)19-11-12-19)20-8-3-2-4-9-20/h5-7,10,14,16,19-20,25H,2-4,8-9,11-13,15,17H2,1H3. The maximum absolute atomic E-state index is 13.8. The Bertz CT molecular complexity index is 958. The first kappa shape index (κ1) is 20.7. The van der Waals surface area contributed by atoms with Gasteiger partial charge in [0, 0.05) is 23.4 Å². The molecule has 1 aromatic heterocycles. The minimum Gasteiger partial charge on any atom is -0.330 e. The zero-order chi connectivity index (χ0) is 21.4. The molecule has 0 saturated heterocycles. The Morgan fingerprint density at radius 3 is 2.55 bits per heavy atom. The molecule has 3 aliphatic rings. The third-order valence-corrected chi connectivity index (χ3v) is 8.30. The lowest BCUT2D eigenvalue weighted by Crippen LogP contribution is -2.50. The van der Waals surface area contributed by atoms with Crippen LogP contribution in [0.15, 0.2) is 35.7 Å². The third kappa shape index (κ3) is 4.17. The number of hydrogen-bond acceptors (Lipinski definition) is 3. The van der Waals surface area contributed by atoms with Crippen molar-refractivity contribution in [3.63, 3.8) is 0 Å². The van der Waals surface area contributed by atoms with E-state index in [2.05, 4.69) is 42.6 Å². The van der Waals surface area contributed by atoms with Gasteiger partial charge >= 0.3 is 0 Å². The molecule has 164 valence electrons. The van der Waals surface area contributed by atoms with E-state index in [1.807, 2.05) is 9.80 Å². The first-order valence-corrected chi connectivity index (χ1v) is 12.7. The molecule has 2 amide bonds. The molecular formula is C26H32N2O2S. The van der Waals surface area contributed by atoms with Crippen LogP contribution in [0.5, 0.6) is 0 Å². The van der Waals surface area contributed by atoms with Crippen LogP contribution in [0.25, 0.3) is 0 Å². The summed E-state index contributed by atoms with van der Waals surface area (Å²) in [4.78, 5) is 32.3. The van der Waals surface area contributed by atoms with Gasteiger partial charge in [0.1, 0.15) is 6.54 Å². The summed E-state index contributed by atoms with van der Waals surface area (Å²) in [5.41, 5.74) is 3.67. The lowest BCUT2D eigenvalue weighted by atomic mass is 9.90. The lowest BCUT2D eigenvalue weighted by Gasteiger charge is -2.40. The van der Waals surface area contributed by atoms with E-state index < -0.39 is 0 Å². The topological polar surface area (TPSA) is 40.6 Å². The summed E-state index contributed by atoms with van der Waals surface area (Å²) >= 11 is 1.79. The third-order valence-electron chi connectivity index (χ3n) is 7.30. The monoisotopic (exact) mass is 436 g/mol. The quantitative estimate of drug-likeness (QED) is 0.654. The van der Waals surface area contributed by atoms with Gasteiger partial charge in [-0.2, -0.15) is 0 Å². The van der Waals surface area contributed by atoms with E-state index in [4.69, 9.17) is 0 Å². The molecule has 0 spiro atoms. The maximum atomic E-state index is 13.8. The van der Waals surface area contributed by atoms with Gasteiger partial charge in [-0.25, -0.2) is 0 Å². The molecule has 0 radical (unpaired) electrons. The van der Waals surface area contributed by atoms with Crippen molar-refractivity contribution in [2.24, 2.45) is 5.92 Å². The number of nitrogens with zero attached hydrogens (tertiary/aromatic N) is 2. The molecule has 0 bridgehead atoms. The van der Waals surface area contributed by atoms with Gasteiger partial charge in [-0.15, -0.1) is 11.3 Å². The predicted molar refractivity (Wildman–Crippen MR) is 124 cm³/mol. The van der Waals surface area contributed by atoms with Crippen molar-refractivity contribution in [1.29, 1.82) is 0 Å². The Labute approximate surface area is 189 Å². The Balaban J connectivity index is 1.43. The molecule has 5 rings (SSSR count). The number of aryl methyl sites for hydroxylation is 1. The van der Waals surface area contributed by atoms with Gasteiger partial charge in [0.15, 0.2) is 0 Å². The minimum atomic E-state index is -0.0482. The van der Waals surface area contributed by atoms with E-state index in [0.29, 0.717) is 0 Å². The van der Waals surface area contributed by atoms with Gasteiger partial charge in [0.25, 0.3) is 0 Å². The highest BCUT2D eigenvalue weighted by atomic mass is 32.1. The number of carbonyl (C=O) groups is 2. The number of benzene rings is 1. The van der Waals surface area contributed by atoms with E-state index >= 15 is 0 Å². The first-order valence-electron chi connectivity index (χ1n) is 11.8. The van der Waals surface area contributed by atoms with Gasteiger partial charge in [0.05, 0.1) is 6.04 Å². The lowest BCUT2D eigenvalue weighted by molar-refractivity contribution is -0.145. The molecule has 5 heteroatoms. The number of rotatable bonds is 5. The molecule has 2 aliphatic carbocycles. The van der Waals surface area contributed by atoms with E-state index in [1.165, 1.54) is 40.8 Å². The molecule has 31 heavy (non-hydrogen) atoms. The van der Waals surface area contributed by atoms with Crippen LogP contribution in [0.2, 0.25) is 0 Å². The SMILES string of the molecule is Cc1ccccc1C1c2ccsc2CCN1C(=O)CN(C(=O)C1CC1)C1CCCCC1. The van der Waals surface area contributed by atoms with E-state index in [9.17, 15) is 9.59 Å². The molecule has 2 fully saturated rings. The minimum absolute atomic E-state index is 0.0482. The normalized spacial score (nSPS) is 21.6. The number of amides is 2. The number of hydrogen-bond donors (Lipinski definition) is 0. The predicted octanol–water partition coefficient (Wildman–Crippen LogP) is 5.10. The van der Waals surface area contributed by atoms with Crippen LogP contribution in [-0.4, -0.2) is 40.7 Å². The Morgan fingerprint density at radius 2 is 1.81 bits per heavy atom. The smallest absolute Gasteiger partial charge is 0.243 e. The van der Waals surface area contributed by atoms with Crippen LogP contribution in [-0.2, 0) is 16.0 Å². The second-order valence-electron chi connectivity index (χ2n) is 9.43. The molecule has 1 atom stereocenters. The molecule has 2 heterocycles. The van der Waals surface area contributed by atoms with Crippen LogP contribution >= 0.6 is 11.3 Å². The van der Waals surface area contributed by atoms with E-state index in [0.717, 1.165) is 38.6 Å². The summed E-state index contributed by atoms with van der Waals surface area (Å²) in [6, 6.07) is 10.8. The van der Waals surface area contributed by atoms with E-state index in [1.54, 1.807) is 11.3 Å². The highest BCUT2D eigenvalue weighted by Crippen LogP contribution is 2.39. The van der Waals surface area contributed by atoms with Gasteiger partial charge in [-0.3, -0.25) is 9.59 Å². The Morgan fingerprint density at radius 1 is 1.03 bits per heavy atom. The summed E-state index contributed by atoms with van der Waals surface area (Å²) in [7, 11) is 0. The van der Waals surface area contributed by atoms with Crippen molar-refractivity contribution in [2.75, 3.05) is 13.1 Å². The summed E-state index contributed by atoms with van der Waals surface area (Å²) in [5, 5.41) is 2.15. The molecular weight excluding hydrogens is 404 g/mol. The zero-order valence-electron chi connectivity index (χ0n) is 18.4. The van der Waals surface area contributed by atoms with Gasteiger partial charge in [0.2, 0.25) is 11.8 Å². The fraction of sp³-hybridized carbons (Fsp3) is 0.538. The molecule has 1 unspecified atom stereocenters. The number of carbonyl (C=O) groups excluding carboxylic acids is 2. The highest BCUT2D eigenvalue weighted by Gasteiger charge is 2.40. The maximum Gasteiger partial charge on any atom is 0.243 e. The molecule has 0 N–H and O–H groups in total. The number of thiophene rings is 1. The summed E-state index contributed by atoms with van der Waals surface area (Å²) < 4.78 is 0. The van der Waals surface area contributed by atoms with Crippen molar-refractivity contribution in [2.45, 2.75) is 70.4 Å². The van der Waals surface area contributed by atoms with Crippen LogP contribution < -0.4 is 0 Å². The molecule has 1 aliphatic heterocycles. The van der Waals surface area contributed by atoms with Crippen molar-refractivity contribution in [1.82, 2.24) is 9.80 Å². The largest absolute Gasteiger partial charge is 0.330 e. The van der Waals surface area contributed by atoms with Crippen LogP contribution in [0.1, 0.15) is 72.6 Å². The zero-order valence-corrected chi connectivity index (χ0v) is 19.2. The van der Waals surface area contributed by atoms with E-state index in [-0.39, 0.29) is 36.4 Å². The first-order chi connectivity index (χ1) is 15.1. The van der Waals surface area contributed by atoms with Crippen LogP contribution in [0, 0.1) is 12.8 Å². The van der Waals surface area contributed by atoms with Gasteiger partial charge < -0.3 is 9.80 Å². The fourth-order valence-electron chi connectivity index (χ4n) is 5.40. The van der Waals surface area contributed by atoms with Crippen molar-refractivity contribution >= 4 is 23.2 Å². The number of fused-ring (bicyclic) bond motifs is 1. The van der Waals surface area contributed by atoms with Crippen molar-refractivity contribution in [3.05, 3.63) is 57.3 Å². The second-order valence-corrected chi connectivity index (χ2v) is 10.4. The van der Waals surface area contributed by atoms with Crippen LogP contribution in [0.4, 0.5) is 0 Å². The molecule has 4 nitrogen and oxygen atoms in total. The highest BCUT2D eigenvalue weighted by molar-refractivity contribution is 7.10. The Kier molecular flexibility index (Phi) is 5.87. The second kappa shape index (κ2) is 8.78. The Hall–Kier alpha value is -2.14. The fourth-order valence-corrected chi connectivity index (χ4v) is 6.30.